The van der Waals surface area contributed by atoms with Gasteiger partial charge in [0.1, 0.15) is 0 Å². The summed E-state index contributed by atoms with van der Waals surface area (Å²) < 4.78 is 47.9. The van der Waals surface area contributed by atoms with Gasteiger partial charge in [0.25, 0.3) is 5.91 Å². The molecule has 124 valence electrons. The van der Waals surface area contributed by atoms with Crippen LogP contribution < -0.4 is 14.8 Å². The number of methoxy groups -OCH3 is 1. The van der Waals surface area contributed by atoms with Crippen LogP contribution in [0.25, 0.3) is 0 Å². The van der Waals surface area contributed by atoms with E-state index in [1.807, 2.05) is 0 Å². The lowest BCUT2D eigenvalue weighted by atomic mass is 10.2. The van der Waals surface area contributed by atoms with Crippen LogP contribution in [-0.2, 0) is 6.18 Å². The average molecular weight is 346 g/mol. The van der Waals surface area contributed by atoms with Crippen LogP contribution in [0, 0.1) is 0 Å². The second kappa shape index (κ2) is 6.86. The number of nitrogens with one attached hydrogen (secondary N) is 1. The maximum absolute atomic E-state index is 12.5. The number of ether oxygens (including phenoxy) is 2. The molecule has 0 fully saturated rings. The van der Waals surface area contributed by atoms with E-state index in [-0.39, 0.29) is 10.7 Å². The number of hydrogen-bond acceptors (Lipinski definition) is 5. The number of carbonyl (C=O) groups excluding carboxylic acids is 1. The number of anilines is 1. The van der Waals surface area contributed by atoms with Gasteiger partial charge in [-0.1, -0.05) is 0 Å². The highest BCUT2D eigenvalue weighted by atomic mass is 32.1. The molecule has 0 saturated carbocycles. The van der Waals surface area contributed by atoms with Crippen LogP contribution in [0.1, 0.15) is 23.0 Å². The Morgan fingerprint density at radius 1 is 1.35 bits per heavy atom. The Balaban J connectivity index is 2.16. The Hall–Kier alpha value is -2.29. The molecule has 0 unspecified atom stereocenters. The van der Waals surface area contributed by atoms with E-state index in [4.69, 9.17) is 9.47 Å². The predicted molar refractivity (Wildman–Crippen MR) is 79.2 cm³/mol. The number of nitrogens with zero attached hydrogens (tertiary/aromatic N) is 1. The fourth-order valence-electron chi connectivity index (χ4n) is 1.71. The molecule has 0 spiro atoms. The minimum Gasteiger partial charge on any atom is -0.493 e. The normalized spacial score (nSPS) is 11.2. The van der Waals surface area contributed by atoms with Crippen LogP contribution in [0.2, 0.25) is 0 Å². The van der Waals surface area contributed by atoms with Gasteiger partial charge in [-0.05, 0) is 25.1 Å². The Kier molecular flexibility index (Phi) is 5.09. The van der Waals surface area contributed by atoms with E-state index < -0.39 is 17.8 Å². The molecular formula is C14H13F3N2O3S. The molecule has 0 saturated heterocycles. The number of benzene rings is 1. The van der Waals surface area contributed by atoms with Crippen molar-refractivity contribution in [3.05, 3.63) is 34.8 Å². The van der Waals surface area contributed by atoms with Crippen LogP contribution in [0.5, 0.6) is 11.5 Å². The SMILES string of the molecule is CCOc1ccc(C(=O)Nc2nc(C(F)(F)F)cs2)cc1OC. The van der Waals surface area contributed by atoms with Crippen molar-refractivity contribution >= 4 is 22.4 Å². The molecule has 1 amide bonds. The van der Waals surface area contributed by atoms with E-state index in [2.05, 4.69) is 10.3 Å². The van der Waals surface area contributed by atoms with E-state index in [0.717, 1.165) is 5.38 Å². The first kappa shape index (κ1) is 17.1. The molecule has 1 aromatic heterocycles. The second-order valence-electron chi connectivity index (χ2n) is 4.29. The molecule has 0 atom stereocenters. The summed E-state index contributed by atoms with van der Waals surface area (Å²) in [5.41, 5.74) is -0.823. The van der Waals surface area contributed by atoms with Crippen LogP contribution in [0.3, 0.4) is 0 Å². The van der Waals surface area contributed by atoms with Crippen molar-refractivity contribution in [1.29, 1.82) is 0 Å². The van der Waals surface area contributed by atoms with Crippen molar-refractivity contribution < 1.29 is 27.4 Å². The zero-order valence-corrected chi connectivity index (χ0v) is 13.0. The molecule has 0 aliphatic heterocycles. The van der Waals surface area contributed by atoms with Crippen molar-refractivity contribution in [3.63, 3.8) is 0 Å². The van der Waals surface area contributed by atoms with Gasteiger partial charge in [-0.3, -0.25) is 10.1 Å². The minimum absolute atomic E-state index is 0.129. The number of rotatable bonds is 5. The quantitative estimate of drug-likeness (QED) is 0.894. The summed E-state index contributed by atoms with van der Waals surface area (Å²) >= 11 is 0.702. The summed E-state index contributed by atoms with van der Waals surface area (Å²) in [7, 11) is 1.43. The largest absolute Gasteiger partial charge is 0.493 e. The molecule has 0 radical (unpaired) electrons. The summed E-state index contributed by atoms with van der Waals surface area (Å²) in [6.45, 7) is 2.24. The maximum Gasteiger partial charge on any atom is 0.434 e. The molecule has 1 aromatic carbocycles. The Morgan fingerprint density at radius 2 is 2.09 bits per heavy atom. The molecule has 1 N–H and O–H groups in total. The summed E-state index contributed by atoms with van der Waals surface area (Å²) in [6.07, 6.45) is -4.54. The highest BCUT2D eigenvalue weighted by Gasteiger charge is 2.33. The van der Waals surface area contributed by atoms with E-state index in [1.165, 1.54) is 19.2 Å². The van der Waals surface area contributed by atoms with Gasteiger partial charge in [0, 0.05) is 10.9 Å². The first-order chi connectivity index (χ1) is 10.8. The Labute approximate surface area is 134 Å². The van der Waals surface area contributed by atoms with E-state index in [9.17, 15) is 18.0 Å². The highest BCUT2D eigenvalue weighted by Crippen LogP contribution is 2.32. The molecule has 5 nitrogen and oxygen atoms in total. The molecule has 0 bridgehead atoms. The lowest BCUT2D eigenvalue weighted by molar-refractivity contribution is -0.140. The molecule has 2 aromatic rings. The summed E-state index contributed by atoms with van der Waals surface area (Å²) in [5.74, 6) is 0.240. The number of thiazole rings is 1. The first-order valence-corrected chi connectivity index (χ1v) is 7.38. The lowest BCUT2D eigenvalue weighted by Gasteiger charge is -2.10. The van der Waals surface area contributed by atoms with Crippen molar-refractivity contribution in [1.82, 2.24) is 4.98 Å². The van der Waals surface area contributed by atoms with Gasteiger partial charge in [-0.15, -0.1) is 11.3 Å². The Morgan fingerprint density at radius 3 is 2.65 bits per heavy atom. The van der Waals surface area contributed by atoms with Gasteiger partial charge in [-0.2, -0.15) is 13.2 Å². The number of aromatic nitrogens is 1. The highest BCUT2D eigenvalue weighted by molar-refractivity contribution is 7.14. The van der Waals surface area contributed by atoms with Gasteiger partial charge < -0.3 is 9.47 Å². The standard InChI is InChI=1S/C14H13F3N2O3S/c1-3-22-9-5-4-8(6-10(9)21-2)12(20)19-13-18-11(7-23-13)14(15,16)17/h4-7H,3H2,1-2H3,(H,18,19,20). The fraction of sp³-hybridized carbons (Fsp3) is 0.286. The topological polar surface area (TPSA) is 60.5 Å². The number of amides is 1. The molecule has 9 heteroatoms. The molecule has 23 heavy (non-hydrogen) atoms. The predicted octanol–water partition coefficient (Wildman–Crippen LogP) is 3.82. The van der Waals surface area contributed by atoms with Crippen molar-refractivity contribution in [2.75, 3.05) is 19.0 Å². The van der Waals surface area contributed by atoms with E-state index in [1.54, 1.807) is 13.0 Å². The van der Waals surface area contributed by atoms with Crippen molar-refractivity contribution in [2.45, 2.75) is 13.1 Å². The monoisotopic (exact) mass is 346 g/mol. The fourth-order valence-corrected chi connectivity index (χ4v) is 2.43. The summed E-state index contributed by atoms with van der Waals surface area (Å²) in [5, 5.41) is 3.04. The summed E-state index contributed by atoms with van der Waals surface area (Å²) in [6, 6.07) is 4.49. The van der Waals surface area contributed by atoms with Gasteiger partial charge in [0.2, 0.25) is 0 Å². The molecular weight excluding hydrogens is 333 g/mol. The van der Waals surface area contributed by atoms with E-state index >= 15 is 0 Å². The molecule has 1 heterocycles. The van der Waals surface area contributed by atoms with Gasteiger partial charge >= 0.3 is 6.18 Å². The smallest absolute Gasteiger partial charge is 0.434 e. The molecule has 2 rings (SSSR count). The zero-order valence-electron chi connectivity index (χ0n) is 12.2. The van der Waals surface area contributed by atoms with Gasteiger partial charge in [0.05, 0.1) is 13.7 Å². The maximum atomic E-state index is 12.5. The zero-order chi connectivity index (χ0) is 17.0. The number of alkyl halides is 3. The number of halogens is 3. The molecule has 0 aliphatic carbocycles. The average Bonchev–Trinajstić information content (AvgIpc) is 2.96. The van der Waals surface area contributed by atoms with Crippen molar-refractivity contribution in [3.8, 4) is 11.5 Å². The van der Waals surface area contributed by atoms with Gasteiger partial charge in [-0.25, -0.2) is 4.98 Å². The van der Waals surface area contributed by atoms with Crippen LogP contribution in [0.4, 0.5) is 18.3 Å². The van der Waals surface area contributed by atoms with Crippen LogP contribution in [0.15, 0.2) is 23.6 Å². The first-order valence-electron chi connectivity index (χ1n) is 6.50. The number of carbonyl (C=O) groups is 1. The third-order valence-corrected chi connectivity index (χ3v) is 3.50. The third-order valence-electron chi connectivity index (χ3n) is 2.74. The van der Waals surface area contributed by atoms with Crippen LogP contribution in [-0.4, -0.2) is 24.6 Å². The van der Waals surface area contributed by atoms with E-state index in [0.29, 0.717) is 29.4 Å². The second-order valence-corrected chi connectivity index (χ2v) is 5.15. The number of hydrogen-bond donors (Lipinski definition) is 1. The summed E-state index contributed by atoms with van der Waals surface area (Å²) in [4.78, 5) is 15.4. The Bertz CT molecular complexity index is 701. The van der Waals surface area contributed by atoms with Crippen molar-refractivity contribution in [2.24, 2.45) is 0 Å². The molecule has 0 aliphatic rings. The minimum atomic E-state index is -4.54. The third kappa shape index (κ3) is 4.13. The van der Waals surface area contributed by atoms with Crippen LogP contribution >= 0.6 is 11.3 Å². The van der Waals surface area contributed by atoms with Gasteiger partial charge in [0.15, 0.2) is 22.3 Å². The lowest BCUT2D eigenvalue weighted by Crippen LogP contribution is -2.13.